The smallest absolute Gasteiger partial charge is 0.338 e. The van der Waals surface area contributed by atoms with Crippen molar-refractivity contribution in [1.29, 1.82) is 0 Å². The molecule has 1 saturated heterocycles. The Morgan fingerprint density at radius 3 is 2.69 bits per heavy atom. The number of carbonyl (C=O) groups is 2. The number of fused-ring (bicyclic) bond motifs is 1. The molecule has 9 heteroatoms. The number of allylic oxidation sites excluding steroid dienone is 1. The number of nitrogens with one attached hydrogen (secondary N) is 1. The topological polar surface area (TPSA) is 74.2 Å². The highest BCUT2D eigenvalue weighted by Crippen LogP contribution is 2.46. The first-order valence-corrected chi connectivity index (χ1v) is 11.9. The first kappa shape index (κ1) is 22.9. The van der Waals surface area contributed by atoms with E-state index in [1.54, 1.807) is 13.0 Å². The molecule has 0 bridgehead atoms. The first-order valence-electron chi connectivity index (χ1n) is 10.6. The minimum atomic E-state index is -0.513. The maximum absolute atomic E-state index is 12.9. The number of amides is 1. The van der Waals surface area contributed by atoms with Crippen LogP contribution in [0.5, 0.6) is 0 Å². The van der Waals surface area contributed by atoms with E-state index in [2.05, 4.69) is 22.3 Å². The molecule has 0 radical (unpaired) electrons. The molecule has 3 aliphatic rings. The average Bonchev–Trinajstić information content (AvgIpc) is 3.16. The Balaban J connectivity index is 1.61. The number of methoxy groups -OCH3 is 1. The van der Waals surface area contributed by atoms with Gasteiger partial charge in [-0.1, -0.05) is 41.6 Å². The summed E-state index contributed by atoms with van der Waals surface area (Å²) in [6, 6.07) is 7.10. The second-order valence-electron chi connectivity index (χ2n) is 8.23. The Morgan fingerprint density at radius 1 is 1.28 bits per heavy atom. The third-order valence-electron chi connectivity index (χ3n) is 6.03. The van der Waals surface area contributed by atoms with E-state index in [0.717, 1.165) is 42.4 Å². The van der Waals surface area contributed by atoms with E-state index in [1.165, 1.54) is 18.9 Å². The van der Waals surface area contributed by atoms with Crippen molar-refractivity contribution in [3.05, 3.63) is 57.2 Å². The third-order valence-corrected chi connectivity index (χ3v) is 7.26. The fourth-order valence-electron chi connectivity index (χ4n) is 4.33. The summed E-state index contributed by atoms with van der Waals surface area (Å²) < 4.78 is 5.08. The first-order chi connectivity index (χ1) is 15.4. The molecule has 0 aliphatic carbocycles. The lowest BCUT2D eigenvalue weighted by atomic mass is 9.93. The van der Waals surface area contributed by atoms with Crippen LogP contribution in [0.3, 0.4) is 0 Å². The Morgan fingerprint density at radius 2 is 2.00 bits per heavy atom. The van der Waals surface area contributed by atoms with Gasteiger partial charge in [0.25, 0.3) is 0 Å². The number of hydrogen-bond donors (Lipinski definition) is 1. The van der Waals surface area contributed by atoms with Crippen LogP contribution in [-0.4, -0.2) is 60.1 Å². The number of piperidine rings is 1. The van der Waals surface area contributed by atoms with Crippen molar-refractivity contribution in [3.63, 3.8) is 0 Å². The quantitative estimate of drug-likeness (QED) is 0.656. The number of amidine groups is 1. The van der Waals surface area contributed by atoms with Crippen LogP contribution in [0.4, 0.5) is 0 Å². The monoisotopic (exact) mass is 474 g/mol. The molecular formula is C23H27ClN4O3S. The molecule has 4 rings (SSSR count). The number of likely N-dealkylation sites (tertiary alicyclic amines) is 1. The number of carbonyl (C=O) groups excluding carboxylic acids is 2. The van der Waals surface area contributed by atoms with Crippen molar-refractivity contribution in [2.45, 2.75) is 38.3 Å². The standard InChI is InChI=1S/C23H27ClN4O3S/c1-14-20(22(30)31-3)21(17-6-4-5-7-18(17)24)28-16(13-32-23(28)25-14)12-19(29)26-15-8-10-27(2)11-9-15/h4-7,13,15,21H,8-12H2,1-3H3,(H,26,29)/t21-/m0/s1. The van der Waals surface area contributed by atoms with Crippen LogP contribution in [0, 0.1) is 0 Å². The molecule has 1 N–H and O–H groups in total. The molecule has 1 aromatic carbocycles. The van der Waals surface area contributed by atoms with Crippen LogP contribution in [-0.2, 0) is 14.3 Å². The van der Waals surface area contributed by atoms with E-state index in [1.807, 2.05) is 28.5 Å². The lowest BCUT2D eigenvalue weighted by Crippen LogP contribution is -2.44. The number of nitrogens with zero attached hydrogens (tertiary/aromatic N) is 3. The maximum atomic E-state index is 12.9. The Hall–Kier alpha value is -2.29. The largest absolute Gasteiger partial charge is 0.466 e. The molecule has 3 heterocycles. The van der Waals surface area contributed by atoms with Gasteiger partial charge in [-0.05, 0) is 56.9 Å². The summed E-state index contributed by atoms with van der Waals surface area (Å²) in [5, 5.41) is 6.37. The molecule has 7 nitrogen and oxygen atoms in total. The van der Waals surface area contributed by atoms with Crippen molar-refractivity contribution in [3.8, 4) is 0 Å². The molecule has 32 heavy (non-hydrogen) atoms. The molecule has 0 spiro atoms. The van der Waals surface area contributed by atoms with Crippen molar-refractivity contribution >= 4 is 40.4 Å². The van der Waals surface area contributed by atoms with Crippen molar-refractivity contribution < 1.29 is 14.3 Å². The van der Waals surface area contributed by atoms with Crippen LogP contribution in [0.25, 0.3) is 0 Å². The average molecular weight is 475 g/mol. The van der Waals surface area contributed by atoms with Gasteiger partial charge in [-0.3, -0.25) is 4.79 Å². The third kappa shape index (κ3) is 4.58. The highest BCUT2D eigenvalue weighted by molar-refractivity contribution is 8.16. The summed E-state index contributed by atoms with van der Waals surface area (Å²) in [5.74, 6) is -0.487. The van der Waals surface area contributed by atoms with E-state index in [4.69, 9.17) is 16.3 Å². The van der Waals surface area contributed by atoms with Crippen LogP contribution >= 0.6 is 23.4 Å². The number of aliphatic imine (C=N–C) groups is 1. The van der Waals surface area contributed by atoms with Gasteiger partial charge in [-0.25, -0.2) is 9.79 Å². The predicted octanol–water partition coefficient (Wildman–Crippen LogP) is 3.69. The van der Waals surface area contributed by atoms with Crippen molar-refractivity contribution in [2.24, 2.45) is 4.99 Å². The van der Waals surface area contributed by atoms with Gasteiger partial charge in [-0.15, -0.1) is 0 Å². The number of benzene rings is 1. The van der Waals surface area contributed by atoms with Gasteiger partial charge in [0.2, 0.25) is 5.91 Å². The maximum Gasteiger partial charge on any atom is 0.338 e. The zero-order valence-electron chi connectivity index (χ0n) is 18.4. The van der Waals surface area contributed by atoms with Gasteiger partial charge in [0.05, 0.1) is 30.8 Å². The zero-order chi connectivity index (χ0) is 22.8. The van der Waals surface area contributed by atoms with Crippen LogP contribution < -0.4 is 5.32 Å². The molecule has 1 atom stereocenters. The predicted molar refractivity (Wildman–Crippen MR) is 127 cm³/mol. The van der Waals surface area contributed by atoms with Gasteiger partial charge in [0.1, 0.15) is 0 Å². The van der Waals surface area contributed by atoms with Gasteiger partial charge >= 0.3 is 5.97 Å². The second kappa shape index (κ2) is 9.68. The molecule has 0 aromatic heterocycles. The summed E-state index contributed by atoms with van der Waals surface area (Å²) >= 11 is 8.00. The summed E-state index contributed by atoms with van der Waals surface area (Å²) in [5.41, 5.74) is 2.57. The number of thioether (sulfide) groups is 1. The van der Waals surface area contributed by atoms with Crippen molar-refractivity contribution in [2.75, 3.05) is 27.2 Å². The minimum Gasteiger partial charge on any atom is -0.466 e. The summed E-state index contributed by atoms with van der Waals surface area (Å²) in [4.78, 5) is 34.5. The highest BCUT2D eigenvalue weighted by atomic mass is 35.5. The zero-order valence-corrected chi connectivity index (χ0v) is 20.0. The molecular weight excluding hydrogens is 448 g/mol. The lowest BCUT2D eigenvalue weighted by Gasteiger charge is -2.36. The fourth-order valence-corrected chi connectivity index (χ4v) is 5.53. The number of halogens is 1. The number of rotatable bonds is 5. The van der Waals surface area contributed by atoms with Gasteiger partial charge in [0, 0.05) is 16.8 Å². The van der Waals surface area contributed by atoms with E-state index < -0.39 is 12.0 Å². The summed E-state index contributed by atoms with van der Waals surface area (Å²) in [6.07, 6.45) is 2.10. The molecule has 0 unspecified atom stereocenters. The number of esters is 1. The van der Waals surface area contributed by atoms with E-state index in [9.17, 15) is 9.59 Å². The summed E-state index contributed by atoms with van der Waals surface area (Å²) in [6.45, 7) is 3.76. The summed E-state index contributed by atoms with van der Waals surface area (Å²) in [7, 11) is 3.45. The van der Waals surface area contributed by atoms with Crippen LogP contribution in [0.2, 0.25) is 5.02 Å². The molecule has 170 valence electrons. The molecule has 1 aromatic rings. The van der Waals surface area contributed by atoms with Gasteiger partial charge < -0.3 is 19.9 Å². The minimum absolute atomic E-state index is 0.0311. The van der Waals surface area contributed by atoms with Gasteiger partial charge in [-0.2, -0.15) is 0 Å². The molecule has 1 amide bonds. The number of ether oxygens (including phenoxy) is 1. The fraction of sp³-hybridized carbons (Fsp3) is 0.435. The van der Waals surface area contributed by atoms with Crippen LogP contribution in [0.15, 0.2) is 51.6 Å². The Kier molecular flexibility index (Phi) is 6.93. The van der Waals surface area contributed by atoms with Crippen molar-refractivity contribution in [1.82, 2.24) is 15.1 Å². The highest BCUT2D eigenvalue weighted by Gasteiger charge is 2.41. The lowest BCUT2D eigenvalue weighted by molar-refractivity contribution is -0.136. The molecule has 1 fully saturated rings. The van der Waals surface area contributed by atoms with Crippen LogP contribution in [0.1, 0.15) is 37.8 Å². The van der Waals surface area contributed by atoms with E-state index in [0.29, 0.717) is 16.3 Å². The van der Waals surface area contributed by atoms with E-state index >= 15 is 0 Å². The normalized spacial score (nSPS) is 21.8. The second-order valence-corrected chi connectivity index (χ2v) is 9.47. The Bertz CT molecular complexity index is 1010. The van der Waals surface area contributed by atoms with E-state index in [-0.39, 0.29) is 18.4 Å². The Labute approximate surface area is 197 Å². The molecule has 0 saturated carbocycles. The molecule has 3 aliphatic heterocycles. The SMILES string of the molecule is COC(=O)C1=C(C)N=C2SC=C(CC(=O)NC3CCN(C)CC3)N2[C@H]1c1ccccc1Cl. The number of hydrogen-bond acceptors (Lipinski definition) is 7. The van der Waals surface area contributed by atoms with Gasteiger partial charge in [0.15, 0.2) is 5.17 Å².